The topological polar surface area (TPSA) is 38.3 Å². The zero-order valence-electron chi connectivity index (χ0n) is 10.5. The van der Waals surface area contributed by atoms with Gasteiger partial charge in [-0.25, -0.2) is 0 Å². The number of carbonyl (C=O) groups is 1. The summed E-state index contributed by atoms with van der Waals surface area (Å²) in [5.41, 5.74) is 0. The summed E-state index contributed by atoms with van der Waals surface area (Å²) < 4.78 is 5.33. The predicted molar refractivity (Wildman–Crippen MR) is 74.4 cm³/mol. The van der Waals surface area contributed by atoms with E-state index in [0.717, 1.165) is 0 Å². The van der Waals surface area contributed by atoms with Crippen LogP contribution >= 0.6 is 23.2 Å². The molecule has 0 saturated carbocycles. The molecule has 0 aliphatic heterocycles. The fourth-order valence-electron chi connectivity index (χ4n) is 1.28. The second-order valence-electron chi connectivity index (χ2n) is 4.23. The molecular weight excluding hydrogens is 273 g/mol. The van der Waals surface area contributed by atoms with Crippen molar-refractivity contribution >= 4 is 29.1 Å². The maximum Gasteiger partial charge on any atom is 0.258 e. The molecule has 18 heavy (non-hydrogen) atoms. The molecule has 3 nitrogen and oxygen atoms in total. The maximum absolute atomic E-state index is 11.6. The van der Waals surface area contributed by atoms with Crippen LogP contribution in [-0.4, -0.2) is 24.4 Å². The minimum atomic E-state index is -0.167. The highest BCUT2D eigenvalue weighted by Crippen LogP contribution is 2.16. The van der Waals surface area contributed by atoms with E-state index in [9.17, 15) is 4.79 Å². The van der Waals surface area contributed by atoms with Crippen LogP contribution in [0.25, 0.3) is 0 Å². The first kappa shape index (κ1) is 15.1. The van der Waals surface area contributed by atoms with Crippen LogP contribution in [0.1, 0.15) is 13.8 Å². The van der Waals surface area contributed by atoms with Gasteiger partial charge in [0.1, 0.15) is 5.75 Å². The number of halogens is 2. The Morgan fingerprint density at radius 1 is 1.44 bits per heavy atom. The summed E-state index contributed by atoms with van der Waals surface area (Å²) in [5, 5.41) is 3.41. The van der Waals surface area contributed by atoms with Gasteiger partial charge in [-0.05, 0) is 31.0 Å². The number of carbonyl (C=O) groups excluding carboxylic acids is 1. The Hall–Kier alpha value is -0.930. The molecule has 0 fully saturated rings. The fraction of sp³-hybridized carbons (Fsp3) is 0.462. The van der Waals surface area contributed by atoms with Crippen molar-refractivity contribution in [2.24, 2.45) is 5.92 Å². The Morgan fingerprint density at radius 3 is 2.78 bits per heavy atom. The Morgan fingerprint density at radius 2 is 2.17 bits per heavy atom. The predicted octanol–water partition coefficient (Wildman–Crippen LogP) is 3.10. The monoisotopic (exact) mass is 289 g/mol. The molecule has 0 aliphatic carbocycles. The van der Waals surface area contributed by atoms with Gasteiger partial charge in [0.2, 0.25) is 0 Å². The molecule has 1 rings (SSSR count). The Balaban J connectivity index is 2.37. The Labute approximate surface area is 117 Å². The summed E-state index contributed by atoms with van der Waals surface area (Å²) in [6.07, 6.45) is 0. The van der Waals surface area contributed by atoms with E-state index in [4.69, 9.17) is 27.9 Å². The van der Waals surface area contributed by atoms with Crippen molar-refractivity contribution in [2.75, 3.05) is 12.5 Å². The molecule has 1 aromatic carbocycles. The van der Waals surface area contributed by atoms with Crippen molar-refractivity contribution in [2.45, 2.75) is 19.9 Å². The third kappa shape index (κ3) is 5.15. The smallest absolute Gasteiger partial charge is 0.258 e. The molecule has 5 heteroatoms. The molecule has 0 spiro atoms. The minimum Gasteiger partial charge on any atom is -0.484 e. The van der Waals surface area contributed by atoms with Crippen LogP contribution in [-0.2, 0) is 4.79 Å². The summed E-state index contributed by atoms with van der Waals surface area (Å²) in [7, 11) is 0. The number of nitrogens with one attached hydrogen (secondary N) is 1. The molecule has 0 saturated heterocycles. The van der Waals surface area contributed by atoms with E-state index in [0.29, 0.717) is 16.7 Å². The molecule has 2 atom stereocenters. The van der Waals surface area contributed by atoms with Gasteiger partial charge in [0.05, 0.1) is 0 Å². The molecule has 1 aromatic rings. The van der Waals surface area contributed by atoms with Gasteiger partial charge in [0.15, 0.2) is 6.61 Å². The van der Waals surface area contributed by atoms with Crippen LogP contribution in [0.2, 0.25) is 5.02 Å². The number of rotatable bonds is 6. The van der Waals surface area contributed by atoms with Gasteiger partial charge >= 0.3 is 0 Å². The van der Waals surface area contributed by atoms with Gasteiger partial charge in [-0.2, -0.15) is 0 Å². The first-order valence-electron chi connectivity index (χ1n) is 5.76. The van der Waals surface area contributed by atoms with Crippen LogP contribution < -0.4 is 10.1 Å². The quantitative estimate of drug-likeness (QED) is 0.818. The lowest BCUT2D eigenvalue weighted by molar-refractivity contribution is -0.123. The lowest BCUT2D eigenvalue weighted by Crippen LogP contribution is -2.40. The van der Waals surface area contributed by atoms with E-state index in [1.807, 2.05) is 13.8 Å². The second kappa shape index (κ2) is 7.49. The molecule has 0 heterocycles. The third-order valence-electron chi connectivity index (χ3n) is 2.65. The molecule has 1 N–H and O–H groups in total. The van der Waals surface area contributed by atoms with Crippen molar-refractivity contribution in [3.63, 3.8) is 0 Å². The number of hydrogen-bond acceptors (Lipinski definition) is 2. The van der Waals surface area contributed by atoms with Gasteiger partial charge in [0.25, 0.3) is 5.91 Å². The summed E-state index contributed by atoms with van der Waals surface area (Å²) in [6, 6.07) is 6.97. The van der Waals surface area contributed by atoms with Crippen molar-refractivity contribution in [1.29, 1.82) is 0 Å². The van der Waals surface area contributed by atoms with Crippen molar-refractivity contribution < 1.29 is 9.53 Å². The summed E-state index contributed by atoms with van der Waals surface area (Å²) in [5.74, 6) is 1.15. The van der Waals surface area contributed by atoms with Crippen molar-refractivity contribution in [1.82, 2.24) is 5.32 Å². The lowest BCUT2D eigenvalue weighted by Gasteiger charge is -2.19. The van der Waals surface area contributed by atoms with Crippen LogP contribution in [0, 0.1) is 5.92 Å². The number of ether oxygens (including phenoxy) is 1. The molecule has 0 aromatic heterocycles. The lowest BCUT2D eigenvalue weighted by atomic mass is 10.1. The zero-order chi connectivity index (χ0) is 13.5. The highest BCUT2D eigenvalue weighted by atomic mass is 35.5. The molecule has 0 aliphatic rings. The highest BCUT2D eigenvalue weighted by Gasteiger charge is 2.14. The van der Waals surface area contributed by atoms with E-state index >= 15 is 0 Å². The molecule has 0 radical (unpaired) electrons. The number of amides is 1. The molecule has 100 valence electrons. The van der Waals surface area contributed by atoms with Crippen LogP contribution in [0.3, 0.4) is 0 Å². The summed E-state index contributed by atoms with van der Waals surface area (Å²) in [4.78, 5) is 11.6. The third-order valence-corrected chi connectivity index (χ3v) is 3.37. The average molecular weight is 290 g/mol. The molecule has 2 unspecified atom stereocenters. The Bertz CT molecular complexity index is 398. The van der Waals surface area contributed by atoms with E-state index in [1.165, 1.54) is 0 Å². The van der Waals surface area contributed by atoms with Crippen LogP contribution in [0.5, 0.6) is 5.75 Å². The van der Waals surface area contributed by atoms with Gasteiger partial charge in [0, 0.05) is 16.9 Å². The van der Waals surface area contributed by atoms with Gasteiger partial charge in [-0.1, -0.05) is 24.6 Å². The first-order chi connectivity index (χ1) is 8.52. The van der Waals surface area contributed by atoms with Crippen molar-refractivity contribution in [3.05, 3.63) is 29.3 Å². The summed E-state index contributed by atoms with van der Waals surface area (Å²) >= 11 is 11.5. The van der Waals surface area contributed by atoms with Gasteiger partial charge < -0.3 is 10.1 Å². The normalized spacial score (nSPS) is 13.8. The van der Waals surface area contributed by atoms with Crippen LogP contribution in [0.15, 0.2) is 24.3 Å². The molecule has 0 bridgehead atoms. The number of benzene rings is 1. The largest absolute Gasteiger partial charge is 0.484 e. The van der Waals surface area contributed by atoms with Gasteiger partial charge in [-0.3, -0.25) is 4.79 Å². The average Bonchev–Trinajstić information content (AvgIpc) is 2.35. The fourth-order valence-corrected chi connectivity index (χ4v) is 1.72. The van der Waals surface area contributed by atoms with E-state index in [1.54, 1.807) is 24.3 Å². The minimum absolute atomic E-state index is 0.0259. The highest BCUT2D eigenvalue weighted by molar-refractivity contribution is 6.30. The maximum atomic E-state index is 11.6. The van der Waals surface area contributed by atoms with Gasteiger partial charge in [-0.15, -0.1) is 11.6 Å². The van der Waals surface area contributed by atoms with E-state index < -0.39 is 0 Å². The number of alkyl halides is 1. The number of hydrogen-bond donors (Lipinski definition) is 1. The SMILES string of the molecule is CC(CCl)C(C)NC(=O)COc1cccc(Cl)c1. The van der Waals surface area contributed by atoms with Crippen molar-refractivity contribution in [3.8, 4) is 5.75 Å². The van der Waals surface area contributed by atoms with Crippen LogP contribution in [0.4, 0.5) is 0 Å². The zero-order valence-corrected chi connectivity index (χ0v) is 12.0. The molecular formula is C13H17Cl2NO2. The molecule has 1 amide bonds. The van der Waals surface area contributed by atoms with E-state index in [-0.39, 0.29) is 24.5 Å². The summed E-state index contributed by atoms with van der Waals surface area (Å²) in [6.45, 7) is 3.87. The standard InChI is InChI=1S/C13H17Cl2NO2/c1-9(7-14)10(2)16-13(17)8-18-12-5-3-4-11(15)6-12/h3-6,9-10H,7-8H2,1-2H3,(H,16,17). The first-order valence-corrected chi connectivity index (χ1v) is 6.68. The van der Waals surface area contributed by atoms with E-state index in [2.05, 4.69) is 5.32 Å². The Kier molecular flexibility index (Phi) is 6.30. The second-order valence-corrected chi connectivity index (χ2v) is 4.98.